The van der Waals surface area contributed by atoms with Gasteiger partial charge in [0, 0.05) is 11.1 Å². The highest BCUT2D eigenvalue weighted by molar-refractivity contribution is 7.99. The molecule has 0 saturated heterocycles. The van der Waals surface area contributed by atoms with Gasteiger partial charge in [0.1, 0.15) is 4.99 Å². The molecule has 1 amide bonds. The van der Waals surface area contributed by atoms with Gasteiger partial charge in [0.25, 0.3) is 5.22 Å². The first kappa shape index (κ1) is 13.5. The van der Waals surface area contributed by atoms with E-state index in [-0.39, 0.29) is 5.75 Å². The fourth-order valence-electron chi connectivity index (χ4n) is 1.29. The molecule has 0 aliphatic rings. The van der Waals surface area contributed by atoms with Crippen LogP contribution in [0.2, 0.25) is 0 Å². The molecule has 0 saturated carbocycles. The van der Waals surface area contributed by atoms with E-state index in [1.165, 1.54) is 0 Å². The van der Waals surface area contributed by atoms with Crippen molar-refractivity contribution in [3.8, 4) is 11.5 Å². The van der Waals surface area contributed by atoms with Gasteiger partial charge in [-0.15, -0.1) is 10.2 Å². The Morgan fingerprint density at radius 3 is 2.53 bits per heavy atom. The summed E-state index contributed by atoms with van der Waals surface area (Å²) in [6.45, 7) is 0. The van der Waals surface area contributed by atoms with Gasteiger partial charge in [-0.25, -0.2) is 0 Å². The minimum Gasteiger partial charge on any atom is -0.411 e. The Hall–Kier alpha value is -1.93. The monoisotopic (exact) mass is 294 g/mol. The second-order valence-corrected chi connectivity index (χ2v) is 4.94. The van der Waals surface area contributed by atoms with Gasteiger partial charge < -0.3 is 15.9 Å². The Kier molecular flexibility index (Phi) is 4.13. The van der Waals surface area contributed by atoms with Crippen molar-refractivity contribution in [3.05, 3.63) is 29.8 Å². The number of hydrogen-bond acceptors (Lipinski definition) is 6. The van der Waals surface area contributed by atoms with Crippen LogP contribution in [0, 0.1) is 0 Å². The van der Waals surface area contributed by atoms with E-state index in [1.54, 1.807) is 24.3 Å². The molecule has 0 aliphatic heterocycles. The number of nitrogens with zero attached hydrogens (tertiary/aromatic N) is 2. The fraction of sp³-hybridized carbons (Fsp3) is 0.0909. The number of thiocarbonyl (C=S) groups is 1. The van der Waals surface area contributed by atoms with Crippen molar-refractivity contribution in [1.29, 1.82) is 0 Å². The van der Waals surface area contributed by atoms with Gasteiger partial charge in [-0.05, 0) is 12.1 Å². The van der Waals surface area contributed by atoms with Gasteiger partial charge >= 0.3 is 0 Å². The van der Waals surface area contributed by atoms with Gasteiger partial charge in [0.05, 0.1) is 5.75 Å². The summed E-state index contributed by atoms with van der Waals surface area (Å²) in [6, 6.07) is 7.12. The highest BCUT2D eigenvalue weighted by Gasteiger charge is 2.10. The second-order valence-electron chi connectivity index (χ2n) is 3.57. The summed E-state index contributed by atoms with van der Waals surface area (Å²) in [5.74, 6) is 0.0224. The molecule has 19 heavy (non-hydrogen) atoms. The normalized spacial score (nSPS) is 10.3. The first-order chi connectivity index (χ1) is 9.06. The molecule has 0 atom stereocenters. The predicted octanol–water partition coefficient (Wildman–Crippen LogP) is 0.948. The minimum absolute atomic E-state index is 0.0992. The quantitative estimate of drug-likeness (QED) is 0.624. The number of carbonyl (C=O) groups excluding carboxylic acids is 1. The van der Waals surface area contributed by atoms with Crippen LogP contribution in [0.5, 0.6) is 0 Å². The molecule has 1 aromatic heterocycles. The number of hydrogen-bond donors (Lipinski definition) is 2. The molecule has 0 radical (unpaired) electrons. The van der Waals surface area contributed by atoms with E-state index in [0.717, 1.165) is 22.9 Å². The Bertz CT molecular complexity index is 609. The molecule has 4 N–H and O–H groups in total. The van der Waals surface area contributed by atoms with E-state index in [0.29, 0.717) is 16.1 Å². The van der Waals surface area contributed by atoms with Crippen molar-refractivity contribution in [3.63, 3.8) is 0 Å². The number of nitrogens with two attached hydrogens (primary N) is 2. The largest absolute Gasteiger partial charge is 0.411 e. The molecule has 0 unspecified atom stereocenters. The molecule has 6 nitrogen and oxygen atoms in total. The van der Waals surface area contributed by atoms with Crippen LogP contribution in [0.3, 0.4) is 0 Å². The van der Waals surface area contributed by atoms with Crippen LogP contribution in [0.4, 0.5) is 0 Å². The minimum atomic E-state index is -0.439. The maximum atomic E-state index is 10.6. The third-order valence-corrected chi connectivity index (χ3v) is 3.24. The lowest BCUT2D eigenvalue weighted by Gasteiger charge is -1.98. The lowest BCUT2D eigenvalue weighted by atomic mass is 10.1. The molecule has 1 aromatic carbocycles. The molecule has 0 spiro atoms. The summed E-state index contributed by atoms with van der Waals surface area (Å²) < 4.78 is 5.39. The third kappa shape index (κ3) is 3.52. The van der Waals surface area contributed by atoms with E-state index >= 15 is 0 Å². The summed E-state index contributed by atoms with van der Waals surface area (Å²) in [5.41, 5.74) is 12.1. The van der Waals surface area contributed by atoms with Crippen LogP contribution in [0.25, 0.3) is 11.5 Å². The summed E-state index contributed by atoms with van der Waals surface area (Å²) in [5, 5.41) is 7.99. The molecule has 0 aliphatic carbocycles. The zero-order chi connectivity index (χ0) is 13.8. The number of primary amides is 1. The average Bonchev–Trinajstić information content (AvgIpc) is 2.85. The Morgan fingerprint density at radius 2 is 1.95 bits per heavy atom. The highest BCUT2D eigenvalue weighted by Crippen LogP contribution is 2.23. The molecule has 8 heteroatoms. The fourth-order valence-corrected chi connectivity index (χ4v) is 1.93. The van der Waals surface area contributed by atoms with Gasteiger partial charge in [-0.1, -0.05) is 36.1 Å². The summed E-state index contributed by atoms with van der Waals surface area (Å²) >= 11 is 5.96. The van der Waals surface area contributed by atoms with Gasteiger partial charge in [0.2, 0.25) is 11.8 Å². The first-order valence-corrected chi connectivity index (χ1v) is 6.60. The molecule has 1 heterocycles. The van der Waals surface area contributed by atoms with Crippen molar-refractivity contribution in [2.24, 2.45) is 11.5 Å². The molecule has 0 bridgehead atoms. The van der Waals surface area contributed by atoms with Crippen molar-refractivity contribution < 1.29 is 9.21 Å². The maximum absolute atomic E-state index is 10.6. The van der Waals surface area contributed by atoms with Crippen molar-refractivity contribution in [1.82, 2.24) is 10.2 Å². The van der Waals surface area contributed by atoms with E-state index in [4.69, 9.17) is 28.1 Å². The molecule has 98 valence electrons. The maximum Gasteiger partial charge on any atom is 0.277 e. The molecular weight excluding hydrogens is 284 g/mol. The van der Waals surface area contributed by atoms with Crippen molar-refractivity contribution in [2.75, 3.05) is 5.75 Å². The number of amides is 1. The van der Waals surface area contributed by atoms with Gasteiger partial charge in [-0.3, -0.25) is 4.79 Å². The number of benzene rings is 1. The van der Waals surface area contributed by atoms with Crippen molar-refractivity contribution >= 4 is 34.9 Å². The van der Waals surface area contributed by atoms with E-state index in [9.17, 15) is 4.79 Å². The zero-order valence-corrected chi connectivity index (χ0v) is 11.3. The van der Waals surface area contributed by atoms with Crippen LogP contribution in [-0.2, 0) is 4.79 Å². The number of rotatable bonds is 5. The first-order valence-electron chi connectivity index (χ1n) is 5.21. The number of aromatic nitrogens is 2. The standard InChI is InChI=1S/C11H10N4O2S2/c12-8(16)5-19-11-15-14-10(17-11)7-3-1-6(2-4-7)9(13)18/h1-4H,5H2,(H2,12,16)(H2,13,18). The van der Waals surface area contributed by atoms with E-state index in [1.807, 2.05) is 0 Å². The smallest absolute Gasteiger partial charge is 0.277 e. The second kappa shape index (κ2) is 5.81. The van der Waals surface area contributed by atoms with Crippen LogP contribution >= 0.6 is 24.0 Å². The van der Waals surface area contributed by atoms with Crippen LogP contribution in [-0.4, -0.2) is 26.8 Å². The van der Waals surface area contributed by atoms with Crippen LogP contribution in [0.15, 0.2) is 33.9 Å². The lowest BCUT2D eigenvalue weighted by Crippen LogP contribution is -2.12. The molecular formula is C11H10N4O2S2. The lowest BCUT2D eigenvalue weighted by molar-refractivity contribution is -0.115. The Balaban J connectivity index is 2.13. The SMILES string of the molecule is NC(=O)CSc1nnc(-c2ccc(C(N)=S)cc2)o1. The van der Waals surface area contributed by atoms with Crippen molar-refractivity contribution in [2.45, 2.75) is 5.22 Å². The van der Waals surface area contributed by atoms with Crippen LogP contribution in [0.1, 0.15) is 5.56 Å². The Morgan fingerprint density at radius 1 is 1.26 bits per heavy atom. The highest BCUT2D eigenvalue weighted by atomic mass is 32.2. The Labute approximate surface area is 118 Å². The number of thioether (sulfide) groups is 1. The average molecular weight is 294 g/mol. The van der Waals surface area contributed by atoms with Crippen LogP contribution < -0.4 is 11.5 Å². The third-order valence-electron chi connectivity index (χ3n) is 2.16. The van der Waals surface area contributed by atoms with Gasteiger partial charge in [0.15, 0.2) is 0 Å². The topological polar surface area (TPSA) is 108 Å². The number of carbonyl (C=O) groups is 1. The summed E-state index contributed by atoms with van der Waals surface area (Å²) in [7, 11) is 0. The van der Waals surface area contributed by atoms with E-state index in [2.05, 4.69) is 10.2 Å². The zero-order valence-electron chi connectivity index (χ0n) is 9.70. The molecule has 2 rings (SSSR count). The summed E-state index contributed by atoms with van der Waals surface area (Å²) in [6.07, 6.45) is 0. The molecule has 0 fully saturated rings. The van der Waals surface area contributed by atoms with Gasteiger partial charge in [-0.2, -0.15) is 0 Å². The van der Waals surface area contributed by atoms with E-state index < -0.39 is 5.91 Å². The predicted molar refractivity (Wildman–Crippen MR) is 75.5 cm³/mol. The summed E-state index contributed by atoms with van der Waals surface area (Å²) in [4.78, 5) is 11.0. The molecule has 2 aromatic rings.